The number of furan rings is 1. The summed E-state index contributed by atoms with van der Waals surface area (Å²) in [6.45, 7) is 0. The Morgan fingerprint density at radius 1 is 1.25 bits per heavy atom. The molecule has 1 atom stereocenters. The van der Waals surface area contributed by atoms with E-state index in [2.05, 4.69) is 5.32 Å². The van der Waals surface area contributed by atoms with E-state index in [1.807, 2.05) is 0 Å². The van der Waals surface area contributed by atoms with Gasteiger partial charge in [-0.1, -0.05) is 6.07 Å². The lowest BCUT2D eigenvalue weighted by Crippen LogP contribution is -2.18. The summed E-state index contributed by atoms with van der Waals surface area (Å²) in [6.07, 6.45) is 1.51. The van der Waals surface area contributed by atoms with Gasteiger partial charge in [-0.05, 0) is 25.2 Å². The lowest BCUT2D eigenvalue weighted by Gasteiger charge is -2.14. The average Bonchev–Trinajstić information content (AvgIpc) is 2.75. The van der Waals surface area contributed by atoms with E-state index < -0.39 is 17.7 Å². The van der Waals surface area contributed by atoms with E-state index in [-0.39, 0.29) is 0 Å². The molecule has 2 nitrogen and oxygen atoms in total. The number of rotatable bonds is 3. The molecule has 2 aromatic rings. The Morgan fingerprint density at radius 3 is 2.62 bits per heavy atom. The largest absolute Gasteiger partial charge is 0.467 e. The highest BCUT2D eigenvalue weighted by molar-refractivity contribution is 5.28. The van der Waals surface area contributed by atoms with Crippen LogP contribution in [0.2, 0.25) is 0 Å². The highest BCUT2D eigenvalue weighted by atomic mass is 19.1. The summed E-state index contributed by atoms with van der Waals surface area (Å²) < 4.78 is 31.5. The van der Waals surface area contributed by atoms with Crippen LogP contribution in [-0.2, 0) is 0 Å². The molecule has 1 aromatic carbocycles. The van der Waals surface area contributed by atoms with Gasteiger partial charge in [-0.3, -0.25) is 0 Å². The molecule has 0 radical (unpaired) electrons. The molecule has 1 unspecified atom stereocenters. The van der Waals surface area contributed by atoms with Crippen molar-refractivity contribution in [3.63, 3.8) is 0 Å². The van der Waals surface area contributed by atoms with Crippen LogP contribution in [0, 0.1) is 11.6 Å². The van der Waals surface area contributed by atoms with Crippen LogP contribution in [0.3, 0.4) is 0 Å². The van der Waals surface area contributed by atoms with E-state index in [0.29, 0.717) is 11.3 Å². The van der Waals surface area contributed by atoms with Crippen molar-refractivity contribution in [3.8, 4) is 0 Å². The molecule has 0 saturated carbocycles. The minimum Gasteiger partial charge on any atom is -0.467 e. The fraction of sp³-hybridized carbons (Fsp3) is 0.167. The minimum atomic E-state index is -0.587. The molecule has 0 amide bonds. The third-order valence-corrected chi connectivity index (χ3v) is 2.39. The molecule has 0 aliphatic rings. The van der Waals surface area contributed by atoms with Crippen molar-refractivity contribution in [2.24, 2.45) is 0 Å². The molecule has 0 fully saturated rings. The van der Waals surface area contributed by atoms with Gasteiger partial charge in [0.05, 0.1) is 12.3 Å². The van der Waals surface area contributed by atoms with Crippen LogP contribution in [0.1, 0.15) is 17.4 Å². The zero-order valence-corrected chi connectivity index (χ0v) is 8.71. The molecule has 16 heavy (non-hydrogen) atoms. The maximum atomic E-state index is 13.6. The summed E-state index contributed by atoms with van der Waals surface area (Å²) in [5.41, 5.74) is 0.360. The van der Waals surface area contributed by atoms with E-state index in [1.54, 1.807) is 19.2 Å². The van der Waals surface area contributed by atoms with Crippen LogP contribution in [0.25, 0.3) is 0 Å². The van der Waals surface area contributed by atoms with Crippen LogP contribution in [-0.4, -0.2) is 7.05 Å². The van der Waals surface area contributed by atoms with Gasteiger partial charge in [0.1, 0.15) is 17.4 Å². The van der Waals surface area contributed by atoms with Crippen molar-refractivity contribution in [2.75, 3.05) is 7.05 Å². The second kappa shape index (κ2) is 4.45. The van der Waals surface area contributed by atoms with Crippen molar-refractivity contribution < 1.29 is 13.2 Å². The van der Waals surface area contributed by atoms with Gasteiger partial charge in [-0.25, -0.2) is 8.78 Å². The SMILES string of the molecule is CNC(c1ccco1)c1ccc(F)cc1F. The standard InChI is InChI=1S/C12H11F2NO/c1-15-12(11-3-2-6-16-11)9-5-4-8(13)7-10(9)14/h2-7,12,15H,1H3. The van der Waals surface area contributed by atoms with Gasteiger partial charge in [-0.2, -0.15) is 0 Å². The number of hydrogen-bond acceptors (Lipinski definition) is 2. The predicted octanol–water partition coefficient (Wildman–Crippen LogP) is 2.87. The van der Waals surface area contributed by atoms with Crippen LogP contribution < -0.4 is 5.32 Å². The second-order valence-corrected chi connectivity index (χ2v) is 3.40. The Hall–Kier alpha value is -1.68. The van der Waals surface area contributed by atoms with Crippen molar-refractivity contribution in [1.29, 1.82) is 0 Å². The van der Waals surface area contributed by atoms with Crippen molar-refractivity contribution in [2.45, 2.75) is 6.04 Å². The molecule has 0 aliphatic heterocycles. The summed E-state index contributed by atoms with van der Waals surface area (Å²) in [7, 11) is 1.69. The quantitative estimate of drug-likeness (QED) is 0.865. The molecule has 0 aliphatic carbocycles. The summed E-state index contributed by atoms with van der Waals surface area (Å²) in [4.78, 5) is 0. The summed E-state index contributed by atoms with van der Waals surface area (Å²) in [6, 6.07) is 6.56. The number of benzene rings is 1. The van der Waals surface area contributed by atoms with Gasteiger partial charge >= 0.3 is 0 Å². The zero-order chi connectivity index (χ0) is 11.5. The third-order valence-electron chi connectivity index (χ3n) is 2.39. The average molecular weight is 223 g/mol. The van der Waals surface area contributed by atoms with Gasteiger partial charge < -0.3 is 9.73 Å². The van der Waals surface area contributed by atoms with E-state index in [0.717, 1.165) is 6.07 Å². The van der Waals surface area contributed by atoms with Gasteiger partial charge in [-0.15, -0.1) is 0 Å². The minimum absolute atomic E-state index is 0.360. The maximum absolute atomic E-state index is 13.6. The Balaban J connectivity index is 2.41. The first-order valence-corrected chi connectivity index (χ1v) is 4.88. The van der Waals surface area contributed by atoms with Crippen molar-refractivity contribution >= 4 is 0 Å². The summed E-state index contributed by atoms with van der Waals surface area (Å²) in [5.74, 6) is -0.584. The Morgan fingerprint density at radius 2 is 2.06 bits per heavy atom. The first-order valence-electron chi connectivity index (χ1n) is 4.88. The van der Waals surface area contributed by atoms with Crippen molar-refractivity contribution in [3.05, 3.63) is 59.6 Å². The van der Waals surface area contributed by atoms with E-state index in [9.17, 15) is 8.78 Å². The number of halogens is 2. The molecule has 1 heterocycles. The molecule has 1 N–H and O–H groups in total. The van der Waals surface area contributed by atoms with Crippen molar-refractivity contribution in [1.82, 2.24) is 5.32 Å². The van der Waals surface area contributed by atoms with Gasteiger partial charge in [0.15, 0.2) is 0 Å². The highest BCUT2D eigenvalue weighted by Gasteiger charge is 2.18. The number of nitrogens with one attached hydrogen (secondary N) is 1. The molecular formula is C12H11F2NO. The lowest BCUT2D eigenvalue weighted by atomic mass is 10.0. The molecule has 0 bridgehead atoms. The zero-order valence-electron chi connectivity index (χ0n) is 8.71. The van der Waals surface area contributed by atoms with Crippen LogP contribution in [0.5, 0.6) is 0 Å². The number of hydrogen-bond donors (Lipinski definition) is 1. The molecular weight excluding hydrogens is 212 g/mol. The second-order valence-electron chi connectivity index (χ2n) is 3.40. The van der Waals surface area contributed by atoms with Gasteiger partial charge in [0.25, 0.3) is 0 Å². The van der Waals surface area contributed by atoms with Crippen LogP contribution in [0.15, 0.2) is 41.0 Å². The molecule has 1 aromatic heterocycles. The first kappa shape index (κ1) is 10.8. The van der Waals surface area contributed by atoms with Crippen LogP contribution >= 0.6 is 0 Å². The molecule has 84 valence electrons. The Bertz CT molecular complexity index is 468. The maximum Gasteiger partial charge on any atom is 0.131 e. The highest BCUT2D eigenvalue weighted by Crippen LogP contribution is 2.24. The molecule has 0 saturated heterocycles. The van der Waals surface area contributed by atoms with E-state index >= 15 is 0 Å². The molecule has 2 rings (SSSR count). The normalized spacial score (nSPS) is 12.7. The fourth-order valence-corrected chi connectivity index (χ4v) is 1.64. The van der Waals surface area contributed by atoms with E-state index in [4.69, 9.17) is 4.42 Å². The van der Waals surface area contributed by atoms with Crippen LogP contribution in [0.4, 0.5) is 8.78 Å². The Labute approximate surface area is 91.9 Å². The van der Waals surface area contributed by atoms with Gasteiger partial charge in [0, 0.05) is 11.6 Å². The smallest absolute Gasteiger partial charge is 0.131 e. The monoisotopic (exact) mass is 223 g/mol. The van der Waals surface area contributed by atoms with Gasteiger partial charge in [0.2, 0.25) is 0 Å². The fourth-order valence-electron chi connectivity index (χ4n) is 1.64. The summed E-state index contributed by atoms with van der Waals surface area (Å²) >= 11 is 0. The third kappa shape index (κ3) is 1.97. The molecule has 4 heteroatoms. The van der Waals surface area contributed by atoms with E-state index in [1.165, 1.54) is 18.4 Å². The topological polar surface area (TPSA) is 25.2 Å². The molecule has 0 spiro atoms. The summed E-state index contributed by atoms with van der Waals surface area (Å²) in [5, 5.41) is 2.92. The Kier molecular flexibility index (Phi) is 3.01. The predicted molar refractivity (Wildman–Crippen MR) is 56.0 cm³/mol. The first-order chi connectivity index (χ1) is 7.72. The lowest BCUT2D eigenvalue weighted by molar-refractivity contribution is 0.451.